The van der Waals surface area contributed by atoms with E-state index in [2.05, 4.69) is 59.4 Å². The second kappa shape index (κ2) is 8.39. The van der Waals surface area contributed by atoms with Crippen molar-refractivity contribution >= 4 is 5.96 Å². The molecule has 2 heterocycles. The van der Waals surface area contributed by atoms with Crippen LogP contribution in [0.25, 0.3) is 0 Å². The number of nitrogens with one attached hydrogen (secondary N) is 1. The van der Waals surface area contributed by atoms with Gasteiger partial charge < -0.3 is 14.6 Å². The molecule has 1 aliphatic heterocycles. The summed E-state index contributed by atoms with van der Waals surface area (Å²) >= 11 is 0. The topological polar surface area (TPSA) is 53.7 Å². The monoisotopic (exact) mass is 354 g/mol. The number of piperidine rings is 1. The molecule has 26 heavy (non-hydrogen) atoms. The quantitative estimate of drug-likeness (QED) is 0.669. The van der Waals surface area contributed by atoms with Crippen LogP contribution in [0, 0.1) is 19.8 Å². The van der Waals surface area contributed by atoms with Crippen molar-refractivity contribution in [1.82, 2.24) is 15.2 Å². The number of benzene rings is 1. The van der Waals surface area contributed by atoms with Gasteiger partial charge in [0.2, 0.25) is 5.89 Å². The Morgan fingerprint density at radius 2 is 2.08 bits per heavy atom. The summed E-state index contributed by atoms with van der Waals surface area (Å²) in [5.74, 6) is 3.72. The second-order valence-electron chi connectivity index (χ2n) is 7.15. The maximum atomic E-state index is 5.66. The number of hydrogen-bond donors (Lipinski definition) is 1. The predicted octanol–water partition coefficient (Wildman–Crippen LogP) is 3.88. The molecule has 0 bridgehead atoms. The number of oxazole rings is 1. The Kier molecular flexibility index (Phi) is 5.96. The fourth-order valence-electron chi connectivity index (χ4n) is 3.71. The van der Waals surface area contributed by atoms with E-state index in [0.717, 1.165) is 43.5 Å². The van der Waals surface area contributed by atoms with Gasteiger partial charge in [-0.15, -0.1) is 0 Å². The summed E-state index contributed by atoms with van der Waals surface area (Å²) in [4.78, 5) is 11.6. The van der Waals surface area contributed by atoms with Crippen LogP contribution in [0.15, 0.2) is 39.7 Å². The first-order chi connectivity index (χ1) is 12.6. The summed E-state index contributed by atoms with van der Waals surface area (Å²) in [6.45, 7) is 11.7. The van der Waals surface area contributed by atoms with Gasteiger partial charge in [0.05, 0.1) is 5.69 Å². The van der Waals surface area contributed by atoms with Gasteiger partial charge in [0, 0.05) is 19.6 Å². The van der Waals surface area contributed by atoms with E-state index >= 15 is 0 Å². The third-order valence-electron chi connectivity index (χ3n) is 5.20. The van der Waals surface area contributed by atoms with Crippen LogP contribution in [0.5, 0.6) is 0 Å². The number of aromatic nitrogens is 1. The number of rotatable bonds is 4. The number of aryl methyl sites for hydroxylation is 2. The summed E-state index contributed by atoms with van der Waals surface area (Å²) in [6, 6.07) is 10.9. The Balaban J connectivity index is 1.68. The zero-order valence-corrected chi connectivity index (χ0v) is 16.3. The van der Waals surface area contributed by atoms with Crippen LogP contribution in [0.3, 0.4) is 0 Å². The number of guanidine groups is 1. The SMILES string of the molecule is CCNC(=NCc1nc(C)c(C)o1)N1CCC(c2ccccc2)C(C)C1. The molecule has 0 spiro atoms. The smallest absolute Gasteiger partial charge is 0.216 e. The lowest BCUT2D eigenvalue weighted by Gasteiger charge is -2.39. The van der Waals surface area contributed by atoms with Gasteiger partial charge in [-0.3, -0.25) is 0 Å². The van der Waals surface area contributed by atoms with Crippen LogP contribution in [0.2, 0.25) is 0 Å². The van der Waals surface area contributed by atoms with E-state index < -0.39 is 0 Å². The Morgan fingerprint density at radius 3 is 2.69 bits per heavy atom. The molecule has 2 aromatic rings. The van der Waals surface area contributed by atoms with Gasteiger partial charge in [-0.25, -0.2) is 9.98 Å². The zero-order chi connectivity index (χ0) is 18.5. The Morgan fingerprint density at radius 1 is 1.31 bits per heavy atom. The molecule has 1 saturated heterocycles. The van der Waals surface area contributed by atoms with Crippen LogP contribution in [-0.4, -0.2) is 35.5 Å². The van der Waals surface area contributed by atoms with E-state index in [1.165, 1.54) is 5.56 Å². The molecule has 5 heteroatoms. The molecular weight excluding hydrogens is 324 g/mol. The summed E-state index contributed by atoms with van der Waals surface area (Å²) < 4.78 is 5.66. The van der Waals surface area contributed by atoms with E-state index in [9.17, 15) is 0 Å². The minimum atomic E-state index is 0.476. The summed E-state index contributed by atoms with van der Waals surface area (Å²) in [5.41, 5.74) is 2.39. The van der Waals surface area contributed by atoms with Crippen molar-refractivity contribution in [1.29, 1.82) is 0 Å². The largest absolute Gasteiger partial charge is 0.444 e. The highest BCUT2D eigenvalue weighted by Crippen LogP contribution is 2.32. The van der Waals surface area contributed by atoms with E-state index in [0.29, 0.717) is 24.3 Å². The number of likely N-dealkylation sites (tertiary alicyclic amines) is 1. The maximum Gasteiger partial charge on any atom is 0.216 e. The molecule has 1 N–H and O–H groups in total. The Hall–Kier alpha value is -2.30. The highest BCUT2D eigenvalue weighted by molar-refractivity contribution is 5.80. The molecule has 0 aliphatic carbocycles. The fourth-order valence-corrected chi connectivity index (χ4v) is 3.71. The summed E-state index contributed by atoms with van der Waals surface area (Å²) in [7, 11) is 0. The van der Waals surface area contributed by atoms with Crippen molar-refractivity contribution in [2.75, 3.05) is 19.6 Å². The minimum Gasteiger partial charge on any atom is -0.444 e. The van der Waals surface area contributed by atoms with Crippen molar-refractivity contribution in [3.63, 3.8) is 0 Å². The first-order valence-corrected chi connectivity index (χ1v) is 9.59. The van der Waals surface area contributed by atoms with Gasteiger partial charge in [0.1, 0.15) is 12.3 Å². The standard InChI is InChI=1S/C21H30N4O/c1-5-22-21(23-13-20-24-16(3)17(4)26-20)25-12-11-19(15(2)14-25)18-9-7-6-8-10-18/h6-10,15,19H,5,11-14H2,1-4H3,(H,22,23). The van der Waals surface area contributed by atoms with Gasteiger partial charge in [0.25, 0.3) is 0 Å². The van der Waals surface area contributed by atoms with Crippen LogP contribution < -0.4 is 5.32 Å². The summed E-state index contributed by atoms with van der Waals surface area (Å²) in [6.07, 6.45) is 1.15. The fraction of sp³-hybridized carbons (Fsp3) is 0.524. The van der Waals surface area contributed by atoms with Crippen molar-refractivity contribution in [3.05, 3.63) is 53.2 Å². The van der Waals surface area contributed by atoms with Crippen molar-refractivity contribution in [2.24, 2.45) is 10.9 Å². The maximum absolute atomic E-state index is 5.66. The van der Waals surface area contributed by atoms with Gasteiger partial charge in [0.15, 0.2) is 5.96 Å². The molecule has 1 aliphatic rings. The molecule has 5 nitrogen and oxygen atoms in total. The van der Waals surface area contributed by atoms with Crippen LogP contribution in [0.1, 0.15) is 49.1 Å². The van der Waals surface area contributed by atoms with E-state index in [4.69, 9.17) is 9.41 Å². The lowest BCUT2D eigenvalue weighted by atomic mass is 9.82. The Bertz CT molecular complexity index is 718. The molecule has 0 amide bonds. The molecule has 1 aromatic heterocycles. The number of aliphatic imine (C=N–C) groups is 1. The first-order valence-electron chi connectivity index (χ1n) is 9.59. The van der Waals surface area contributed by atoms with Crippen molar-refractivity contribution < 1.29 is 4.42 Å². The number of nitrogens with zero attached hydrogens (tertiary/aromatic N) is 3. The highest BCUT2D eigenvalue weighted by Gasteiger charge is 2.28. The third-order valence-corrected chi connectivity index (χ3v) is 5.20. The first kappa shape index (κ1) is 18.5. The van der Waals surface area contributed by atoms with Gasteiger partial charge in [-0.1, -0.05) is 37.3 Å². The van der Waals surface area contributed by atoms with Crippen molar-refractivity contribution in [2.45, 2.75) is 46.6 Å². The number of hydrogen-bond acceptors (Lipinski definition) is 3. The van der Waals surface area contributed by atoms with Gasteiger partial charge in [-0.05, 0) is 44.6 Å². The van der Waals surface area contributed by atoms with Gasteiger partial charge >= 0.3 is 0 Å². The van der Waals surface area contributed by atoms with E-state index in [1.54, 1.807) is 0 Å². The lowest BCUT2D eigenvalue weighted by molar-refractivity contribution is 0.234. The average molecular weight is 354 g/mol. The summed E-state index contributed by atoms with van der Waals surface area (Å²) in [5, 5.41) is 3.43. The van der Waals surface area contributed by atoms with E-state index in [-0.39, 0.29) is 0 Å². The molecule has 0 radical (unpaired) electrons. The molecule has 1 fully saturated rings. The van der Waals surface area contributed by atoms with Crippen LogP contribution in [-0.2, 0) is 6.54 Å². The zero-order valence-electron chi connectivity index (χ0n) is 16.3. The molecule has 1 aromatic carbocycles. The highest BCUT2D eigenvalue weighted by atomic mass is 16.4. The van der Waals surface area contributed by atoms with Crippen LogP contribution in [0.4, 0.5) is 0 Å². The molecule has 2 unspecified atom stereocenters. The normalized spacial score (nSPS) is 21.1. The Labute approximate surface area is 156 Å². The predicted molar refractivity (Wildman–Crippen MR) is 105 cm³/mol. The molecule has 140 valence electrons. The minimum absolute atomic E-state index is 0.476. The van der Waals surface area contributed by atoms with Crippen molar-refractivity contribution in [3.8, 4) is 0 Å². The average Bonchev–Trinajstić information content (AvgIpc) is 2.97. The van der Waals surface area contributed by atoms with E-state index in [1.807, 2.05) is 13.8 Å². The molecule has 0 saturated carbocycles. The molecule has 2 atom stereocenters. The van der Waals surface area contributed by atoms with Gasteiger partial charge in [-0.2, -0.15) is 0 Å². The van der Waals surface area contributed by atoms with Crippen LogP contribution >= 0.6 is 0 Å². The second-order valence-corrected chi connectivity index (χ2v) is 7.15. The molecular formula is C21H30N4O. The molecule has 3 rings (SSSR count). The third kappa shape index (κ3) is 4.26. The lowest BCUT2D eigenvalue weighted by Crippen LogP contribution is -2.48.